The summed E-state index contributed by atoms with van der Waals surface area (Å²) in [6.45, 7) is 10.1. The number of hydrogen-bond donors (Lipinski definition) is 4. The Morgan fingerprint density at radius 3 is 2.59 bits per heavy atom. The molecule has 2 amide bonds. The van der Waals surface area contributed by atoms with Gasteiger partial charge in [-0.05, 0) is 56.7 Å². The Kier molecular flexibility index (Phi) is 7.04. The van der Waals surface area contributed by atoms with Gasteiger partial charge in [-0.1, -0.05) is 19.9 Å². The number of nitriles is 1. The number of rotatable bonds is 6. The monoisotopic (exact) mass is 519 g/mol. The minimum Gasteiger partial charge on any atom is -0.443 e. The number of ketones is 1. The maximum atomic E-state index is 13.5. The van der Waals surface area contributed by atoms with Crippen LogP contribution in [0.15, 0.2) is 36.4 Å². The van der Waals surface area contributed by atoms with Crippen molar-refractivity contribution in [2.75, 3.05) is 13.1 Å². The molecule has 1 aromatic heterocycles. The van der Waals surface area contributed by atoms with E-state index in [9.17, 15) is 19.6 Å². The number of fused-ring (bicyclic) bond motifs is 4. The predicted molar refractivity (Wildman–Crippen MR) is 142 cm³/mol. The third kappa shape index (κ3) is 5.33. The number of amides is 2. The SMILES string of the molecule is CC(C)(C)OC(=O)NSNCCNC(=O)c1ccc2c(c1)C(C)(C)c1[nH]c3cc(C#N)ccc3c1C2=O. The van der Waals surface area contributed by atoms with E-state index in [0.29, 0.717) is 35.3 Å². The summed E-state index contributed by atoms with van der Waals surface area (Å²) in [5.41, 5.74) is 3.26. The van der Waals surface area contributed by atoms with Crippen molar-refractivity contribution >= 4 is 40.8 Å². The first-order valence-corrected chi connectivity index (χ1v) is 12.7. The molecule has 9 nitrogen and oxygen atoms in total. The van der Waals surface area contributed by atoms with Crippen molar-refractivity contribution in [3.8, 4) is 6.07 Å². The Hall–Kier alpha value is -3.81. The van der Waals surface area contributed by atoms with Crippen molar-refractivity contribution in [2.45, 2.75) is 45.6 Å². The van der Waals surface area contributed by atoms with Crippen LogP contribution in [0.4, 0.5) is 4.79 Å². The molecule has 1 heterocycles. The minimum atomic E-state index is -0.580. The number of aromatic amines is 1. The van der Waals surface area contributed by atoms with Crippen LogP contribution >= 0.6 is 12.1 Å². The van der Waals surface area contributed by atoms with Crippen LogP contribution in [0.1, 0.15) is 77.7 Å². The minimum absolute atomic E-state index is 0.106. The Bertz CT molecular complexity index is 1450. The summed E-state index contributed by atoms with van der Waals surface area (Å²) in [5.74, 6) is -0.370. The predicted octanol–water partition coefficient (Wildman–Crippen LogP) is 4.32. The largest absolute Gasteiger partial charge is 0.443 e. The number of H-pyrrole nitrogens is 1. The third-order valence-electron chi connectivity index (χ3n) is 6.10. The van der Waals surface area contributed by atoms with Gasteiger partial charge in [0.1, 0.15) is 5.60 Å². The summed E-state index contributed by atoms with van der Waals surface area (Å²) in [4.78, 5) is 41.3. The number of nitrogens with one attached hydrogen (secondary N) is 4. The molecule has 0 atom stereocenters. The number of carbonyl (C=O) groups excluding carboxylic acids is 3. The van der Waals surface area contributed by atoms with Gasteiger partial charge in [-0.2, -0.15) is 5.26 Å². The molecule has 1 aliphatic carbocycles. The van der Waals surface area contributed by atoms with Gasteiger partial charge in [-0.15, -0.1) is 0 Å². The first-order chi connectivity index (χ1) is 17.4. The number of benzene rings is 2. The molecule has 0 unspecified atom stereocenters. The van der Waals surface area contributed by atoms with Gasteiger partial charge in [-0.25, -0.2) is 9.52 Å². The second-order valence-corrected chi connectivity index (χ2v) is 11.0. The zero-order valence-electron chi connectivity index (χ0n) is 21.4. The molecule has 0 spiro atoms. The van der Waals surface area contributed by atoms with Crippen LogP contribution in [0, 0.1) is 11.3 Å². The maximum absolute atomic E-state index is 13.5. The average molecular weight is 520 g/mol. The standard InChI is InChI=1S/C27H29N5O4S/c1-26(2,3)36-25(35)32-37-30-11-10-29-24(34)16-7-9-17-19(13-16)27(4,5)23-21(22(17)33)18-8-6-15(14-28)12-20(18)31-23/h6-9,12-13,30-31H,10-11H2,1-5H3,(H,29,34)(H,32,35). The zero-order chi connectivity index (χ0) is 27.0. The van der Waals surface area contributed by atoms with Crippen LogP contribution < -0.4 is 14.8 Å². The molecule has 10 heteroatoms. The molecule has 0 radical (unpaired) electrons. The van der Waals surface area contributed by atoms with Gasteiger partial charge in [0.2, 0.25) is 0 Å². The Morgan fingerprint density at radius 1 is 1.14 bits per heavy atom. The van der Waals surface area contributed by atoms with E-state index in [1.165, 1.54) is 0 Å². The molecule has 192 valence electrons. The molecule has 0 bridgehead atoms. The second-order valence-electron chi connectivity index (χ2n) is 10.3. The van der Waals surface area contributed by atoms with Crippen molar-refractivity contribution in [2.24, 2.45) is 0 Å². The molecular weight excluding hydrogens is 490 g/mol. The van der Waals surface area contributed by atoms with Gasteiger partial charge in [0, 0.05) is 58.4 Å². The van der Waals surface area contributed by atoms with Crippen molar-refractivity contribution in [1.29, 1.82) is 5.26 Å². The van der Waals surface area contributed by atoms with Gasteiger partial charge in [-0.3, -0.25) is 14.3 Å². The van der Waals surface area contributed by atoms with Gasteiger partial charge < -0.3 is 15.0 Å². The fourth-order valence-electron chi connectivity index (χ4n) is 4.40. The molecule has 0 fully saturated rings. The number of hydrogen-bond acceptors (Lipinski definition) is 7. The highest BCUT2D eigenvalue weighted by Gasteiger charge is 2.40. The smallest absolute Gasteiger partial charge is 0.418 e. The van der Waals surface area contributed by atoms with Crippen molar-refractivity contribution in [3.05, 3.63) is 69.9 Å². The van der Waals surface area contributed by atoms with Crippen molar-refractivity contribution in [3.63, 3.8) is 0 Å². The lowest BCUT2D eigenvalue weighted by molar-refractivity contribution is 0.0574. The molecular formula is C27H29N5O4S. The summed E-state index contributed by atoms with van der Waals surface area (Å²) in [6.07, 6.45) is -0.552. The fourth-order valence-corrected chi connectivity index (χ4v) is 4.80. The van der Waals surface area contributed by atoms with E-state index in [-0.39, 0.29) is 11.7 Å². The fraction of sp³-hybridized carbons (Fsp3) is 0.333. The van der Waals surface area contributed by atoms with E-state index < -0.39 is 17.1 Å². The molecule has 0 aliphatic heterocycles. The Labute approximate surface area is 219 Å². The summed E-state index contributed by atoms with van der Waals surface area (Å²) in [6, 6.07) is 12.5. The van der Waals surface area contributed by atoms with E-state index >= 15 is 0 Å². The normalized spacial score (nSPS) is 13.9. The topological polar surface area (TPSA) is 136 Å². The highest BCUT2D eigenvalue weighted by Crippen LogP contribution is 2.44. The van der Waals surface area contributed by atoms with Gasteiger partial charge in [0.15, 0.2) is 5.78 Å². The number of aromatic nitrogens is 1. The van der Waals surface area contributed by atoms with Crippen molar-refractivity contribution in [1.82, 2.24) is 19.7 Å². The number of nitrogens with zero attached hydrogens (tertiary/aromatic N) is 1. The van der Waals surface area contributed by atoms with Gasteiger partial charge >= 0.3 is 6.09 Å². The molecule has 0 saturated heterocycles. The number of ether oxygens (including phenoxy) is 1. The van der Waals surface area contributed by atoms with Crippen LogP contribution in [-0.4, -0.2) is 41.5 Å². The van der Waals surface area contributed by atoms with E-state index in [4.69, 9.17) is 4.74 Å². The highest BCUT2D eigenvalue weighted by atomic mass is 32.2. The highest BCUT2D eigenvalue weighted by molar-refractivity contribution is 7.96. The first kappa shape index (κ1) is 26.3. The second kappa shape index (κ2) is 9.92. The van der Waals surface area contributed by atoms with Crippen LogP contribution in [0.3, 0.4) is 0 Å². The van der Waals surface area contributed by atoms with E-state index in [1.54, 1.807) is 57.2 Å². The third-order valence-corrected chi connectivity index (χ3v) is 6.71. The lowest BCUT2D eigenvalue weighted by atomic mass is 9.71. The molecule has 4 N–H and O–H groups in total. The summed E-state index contributed by atoms with van der Waals surface area (Å²) in [7, 11) is 0. The molecule has 3 aromatic rings. The van der Waals surface area contributed by atoms with Crippen LogP contribution in [-0.2, 0) is 10.2 Å². The van der Waals surface area contributed by atoms with Crippen LogP contribution in [0.5, 0.6) is 0 Å². The zero-order valence-corrected chi connectivity index (χ0v) is 22.2. The lowest BCUT2D eigenvalue weighted by Crippen LogP contribution is -2.34. The Balaban J connectivity index is 1.43. The van der Waals surface area contributed by atoms with Crippen molar-refractivity contribution < 1.29 is 19.1 Å². The van der Waals surface area contributed by atoms with Crippen LogP contribution in [0.25, 0.3) is 10.9 Å². The molecule has 1 aliphatic rings. The van der Waals surface area contributed by atoms with Gasteiger partial charge in [0.25, 0.3) is 5.91 Å². The maximum Gasteiger partial charge on any atom is 0.418 e. The lowest BCUT2D eigenvalue weighted by Gasteiger charge is -2.32. The summed E-state index contributed by atoms with van der Waals surface area (Å²) >= 11 is 0.981. The number of carbonyl (C=O) groups is 3. The molecule has 2 aromatic carbocycles. The van der Waals surface area contributed by atoms with E-state index in [2.05, 4.69) is 25.8 Å². The Morgan fingerprint density at radius 2 is 1.89 bits per heavy atom. The summed E-state index contributed by atoms with van der Waals surface area (Å²) in [5, 5.41) is 12.9. The quantitative estimate of drug-likeness (QED) is 0.281. The van der Waals surface area contributed by atoms with E-state index in [0.717, 1.165) is 34.3 Å². The molecule has 4 rings (SSSR count). The average Bonchev–Trinajstić information content (AvgIpc) is 3.23. The first-order valence-electron chi connectivity index (χ1n) is 11.8. The molecule has 37 heavy (non-hydrogen) atoms. The van der Waals surface area contributed by atoms with Crippen LogP contribution in [0.2, 0.25) is 0 Å². The van der Waals surface area contributed by atoms with E-state index in [1.807, 2.05) is 13.8 Å². The molecule has 0 saturated carbocycles. The van der Waals surface area contributed by atoms with Gasteiger partial charge in [0.05, 0.1) is 17.2 Å². The summed E-state index contributed by atoms with van der Waals surface area (Å²) < 4.78 is 10.6.